The van der Waals surface area contributed by atoms with Gasteiger partial charge in [0, 0.05) is 12.6 Å². The first kappa shape index (κ1) is 18.8. The molecule has 0 radical (unpaired) electrons. The van der Waals surface area contributed by atoms with Gasteiger partial charge in [0.15, 0.2) is 6.10 Å². The molecule has 0 saturated heterocycles. The molecule has 1 unspecified atom stereocenters. The highest BCUT2D eigenvalue weighted by molar-refractivity contribution is 5.97. The average molecular weight is 353 g/mol. The fraction of sp³-hybridized carbons (Fsp3) is 0.211. The quantitative estimate of drug-likeness (QED) is 0.831. The lowest BCUT2D eigenvalue weighted by Gasteiger charge is -2.17. The van der Waals surface area contributed by atoms with Gasteiger partial charge in [-0.3, -0.25) is 9.59 Å². The Morgan fingerprint density at radius 1 is 1.12 bits per heavy atom. The fourth-order valence-corrected chi connectivity index (χ4v) is 2.19. The first-order valence-electron chi connectivity index (χ1n) is 7.86. The molecule has 2 amide bonds. The fourth-order valence-electron chi connectivity index (χ4n) is 2.19. The van der Waals surface area contributed by atoms with E-state index in [9.17, 15) is 9.59 Å². The molecule has 0 aliphatic carbocycles. The van der Waals surface area contributed by atoms with E-state index in [1.54, 1.807) is 49.4 Å². The number of carbonyl (C=O) groups excluding carboxylic acids is 2. The minimum atomic E-state index is -0.780. The second-order valence-electron chi connectivity index (χ2n) is 5.48. The smallest absolute Gasteiger partial charge is 0.265 e. The Kier molecular flexibility index (Phi) is 6.17. The summed E-state index contributed by atoms with van der Waals surface area (Å²) in [5, 5.41) is 14.2. The summed E-state index contributed by atoms with van der Waals surface area (Å²) in [5.74, 6) is 0.334. The second-order valence-corrected chi connectivity index (χ2v) is 5.48. The van der Waals surface area contributed by atoms with Crippen molar-refractivity contribution in [3.05, 3.63) is 48.0 Å². The highest BCUT2D eigenvalue weighted by atomic mass is 16.5. The van der Waals surface area contributed by atoms with E-state index in [0.717, 1.165) is 0 Å². The van der Waals surface area contributed by atoms with Crippen LogP contribution in [-0.4, -0.2) is 25.0 Å². The van der Waals surface area contributed by atoms with Crippen molar-refractivity contribution in [2.75, 3.05) is 17.7 Å². The zero-order chi connectivity index (χ0) is 19.1. The van der Waals surface area contributed by atoms with Crippen LogP contribution in [0.25, 0.3) is 0 Å². The van der Waals surface area contributed by atoms with E-state index in [-0.39, 0.29) is 11.8 Å². The molecule has 0 heterocycles. The van der Waals surface area contributed by atoms with Crippen LogP contribution in [0.1, 0.15) is 19.4 Å². The predicted molar refractivity (Wildman–Crippen MR) is 97.2 cm³/mol. The summed E-state index contributed by atoms with van der Waals surface area (Å²) in [6, 6.07) is 13.4. The average Bonchev–Trinajstić information content (AvgIpc) is 2.62. The van der Waals surface area contributed by atoms with Crippen molar-refractivity contribution in [2.45, 2.75) is 20.0 Å². The Hall–Kier alpha value is -3.53. The molecule has 2 N–H and O–H groups in total. The Balaban J connectivity index is 2.09. The first-order valence-corrected chi connectivity index (χ1v) is 7.86. The summed E-state index contributed by atoms with van der Waals surface area (Å²) in [7, 11) is 1.49. The topological polar surface area (TPSA) is 100 Å². The molecule has 2 rings (SSSR count). The molecule has 7 nitrogen and oxygen atoms in total. The number of hydrogen-bond acceptors (Lipinski definition) is 5. The third kappa shape index (κ3) is 4.98. The van der Waals surface area contributed by atoms with E-state index in [4.69, 9.17) is 14.7 Å². The summed E-state index contributed by atoms with van der Waals surface area (Å²) in [4.78, 5) is 23.6. The number of amides is 2. The normalized spacial score (nSPS) is 11.0. The lowest BCUT2D eigenvalue weighted by atomic mass is 10.2. The number of hydrogen-bond donors (Lipinski definition) is 2. The van der Waals surface area contributed by atoms with Gasteiger partial charge >= 0.3 is 0 Å². The number of nitrogens with zero attached hydrogens (tertiary/aromatic N) is 1. The van der Waals surface area contributed by atoms with Gasteiger partial charge in [0.2, 0.25) is 5.91 Å². The van der Waals surface area contributed by atoms with Crippen LogP contribution in [-0.2, 0) is 9.59 Å². The largest absolute Gasteiger partial charge is 0.495 e. The Bertz CT molecular complexity index is 841. The lowest BCUT2D eigenvalue weighted by molar-refractivity contribution is -0.122. The van der Waals surface area contributed by atoms with Crippen molar-refractivity contribution in [1.82, 2.24) is 0 Å². The molecule has 0 fully saturated rings. The number of nitrogens with one attached hydrogen (secondary N) is 2. The van der Waals surface area contributed by atoms with Gasteiger partial charge in [0.05, 0.1) is 24.4 Å². The van der Waals surface area contributed by atoms with Gasteiger partial charge in [0.1, 0.15) is 11.5 Å². The Morgan fingerprint density at radius 3 is 2.38 bits per heavy atom. The summed E-state index contributed by atoms with van der Waals surface area (Å²) < 4.78 is 10.8. The third-order valence-corrected chi connectivity index (χ3v) is 3.44. The summed E-state index contributed by atoms with van der Waals surface area (Å²) >= 11 is 0. The standard InChI is InChI=1S/C19H19N3O4/c1-12(26-16-7-4-14(11-20)5-8-16)19(24)22-17-10-15(21-13(2)23)6-9-18(17)25-3/h4-10,12H,1-3H3,(H,21,23)(H,22,24). The van der Waals surface area contributed by atoms with Crippen LogP contribution >= 0.6 is 0 Å². The number of anilines is 2. The van der Waals surface area contributed by atoms with E-state index in [1.165, 1.54) is 14.0 Å². The number of benzene rings is 2. The Morgan fingerprint density at radius 2 is 1.81 bits per heavy atom. The van der Waals surface area contributed by atoms with E-state index in [2.05, 4.69) is 10.6 Å². The highest BCUT2D eigenvalue weighted by Gasteiger charge is 2.17. The van der Waals surface area contributed by atoms with Crippen LogP contribution in [0, 0.1) is 11.3 Å². The number of ether oxygens (including phenoxy) is 2. The van der Waals surface area contributed by atoms with Crippen molar-refractivity contribution in [1.29, 1.82) is 5.26 Å². The maximum absolute atomic E-state index is 12.4. The zero-order valence-corrected chi connectivity index (χ0v) is 14.7. The minimum Gasteiger partial charge on any atom is -0.495 e. The van der Waals surface area contributed by atoms with Gasteiger partial charge in [-0.15, -0.1) is 0 Å². The van der Waals surface area contributed by atoms with E-state index in [1.807, 2.05) is 6.07 Å². The number of rotatable bonds is 6. The predicted octanol–water partition coefficient (Wildman–Crippen LogP) is 2.93. The second kappa shape index (κ2) is 8.53. The number of methoxy groups -OCH3 is 1. The third-order valence-electron chi connectivity index (χ3n) is 3.44. The van der Waals surface area contributed by atoms with Crippen LogP contribution in [0.3, 0.4) is 0 Å². The molecule has 0 bridgehead atoms. The monoisotopic (exact) mass is 353 g/mol. The van der Waals surface area contributed by atoms with Crippen LogP contribution in [0.2, 0.25) is 0 Å². The van der Waals surface area contributed by atoms with Crippen molar-refractivity contribution in [3.63, 3.8) is 0 Å². The molecule has 0 spiro atoms. The van der Waals surface area contributed by atoms with Crippen molar-refractivity contribution >= 4 is 23.2 Å². The summed E-state index contributed by atoms with van der Waals surface area (Å²) in [6.45, 7) is 3.01. The van der Waals surface area contributed by atoms with Crippen LogP contribution < -0.4 is 20.1 Å². The van der Waals surface area contributed by atoms with Crippen molar-refractivity contribution in [2.24, 2.45) is 0 Å². The van der Waals surface area contributed by atoms with Gasteiger partial charge in [-0.2, -0.15) is 5.26 Å². The zero-order valence-electron chi connectivity index (χ0n) is 14.7. The van der Waals surface area contributed by atoms with Gasteiger partial charge in [-0.1, -0.05) is 0 Å². The van der Waals surface area contributed by atoms with Crippen molar-refractivity contribution in [3.8, 4) is 17.6 Å². The number of nitriles is 1. The number of carbonyl (C=O) groups is 2. The molecule has 7 heteroatoms. The van der Waals surface area contributed by atoms with Crippen LogP contribution in [0.15, 0.2) is 42.5 Å². The molecular weight excluding hydrogens is 334 g/mol. The molecule has 0 aliphatic heterocycles. The minimum absolute atomic E-state index is 0.218. The van der Waals surface area contributed by atoms with Crippen molar-refractivity contribution < 1.29 is 19.1 Å². The maximum atomic E-state index is 12.4. The molecule has 134 valence electrons. The van der Waals surface area contributed by atoms with E-state index >= 15 is 0 Å². The molecule has 2 aromatic carbocycles. The first-order chi connectivity index (χ1) is 12.4. The van der Waals surface area contributed by atoms with Crippen LogP contribution in [0.4, 0.5) is 11.4 Å². The van der Waals surface area contributed by atoms with Gasteiger partial charge in [-0.05, 0) is 49.4 Å². The molecule has 0 saturated carbocycles. The summed E-state index contributed by atoms with van der Waals surface area (Å²) in [5.41, 5.74) is 1.46. The molecule has 2 aromatic rings. The maximum Gasteiger partial charge on any atom is 0.265 e. The van der Waals surface area contributed by atoms with E-state index in [0.29, 0.717) is 28.4 Å². The lowest BCUT2D eigenvalue weighted by Crippen LogP contribution is -2.30. The summed E-state index contributed by atoms with van der Waals surface area (Å²) in [6.07, 6.45) is -0.780. The van der Waals surface area contributed by atoms with Gasteiger partial charge in [0.25, 0.3) is 5.91 Å². The molecule has 0 aromatic heterocycles. The van der Waals surface area contributed by atoms with Gasteiger partial charge in [-0.25, -0.2) is 0 Å². The van der Waals surface area contributed by atoms with E-state index < -0.39 is 6.10 Å². The molecule has 1 atom stereocenters. The van der Waals surface area contributed by atoms with Gasteiger partial charge < -0.3 is 20.1 Å². The molecule has 26 heavy (non-hydrogen) atoms. The van der Waals surface area contributed by atoms with Crippen LogP contribution in [0.5, 0.6) is 11.5 Å². The molecular formula is C19H19N3O4. The molecule has 0 aliphatic rings. The Labute approximate surface area is 151 Å². The SMILES string of the molecule is COc1ccc(NC(C)=O)cc1NC(=O)C(C)Oc1ccc(C#N)cc1. The highest BCUT2D eigenvalue weighted by Crippen LogP contribution is 2.28.